The van der Waals surface area contributed by atoms with Gasteiger partial charge < -0.3 is 11.1 Å². The van der Waals surface area contributed by atoms with E-state index >= 15 is 0 Å². The lowest BCUT2D eigenvalue weighted by Crippen LogP contribution is -2.01. The molecule has 1 aromatic heterocycles. The van der Waals surface area contributed by atoms with Crippen LogP contribution in [0.4, 0.5) is 16.0 Å². The molecular formula is C10H12FN5. The Hall–Kier alpha value is -2.11. The van der Waals surface area contributed by atoms with Crippen LogP contribution in [0.25, 0.3) is 11.4 Å². The number of nitrogen functional groups attached to an aromatic ring is 1. The topological polar surface area (TPSA) is 68.8 Å². The van der Waals surface area contributed by atoms with Gasteiger partial charge in [-0.15, -0.1) is 10.2 Å². The Morgan fingerprint density at radius 2 is 2.12 bits per heavy atom. The number of nitrogens with zero attached hydrogens (tertiary/aromatic N) is 3. The molecule has 0 aliphatic carbocycles. The van der Waals surface area contributed by atoms with E-state index < -0.39 is 0 Å². The Balaban J connectivity index is 2.54. The van der Waals surface area contributed by atoms with Crippen molar-refractivity contribution >= 4 is 11.6 Å². The molecule has 0 saturated carbocycles. The second-order valence-corrected chi connectivity index (χ2v) is 3.39. The van der Waals surface area contributed by atoms with Gasteiger partial charge >= 0.3 is 0 Å². The van der Waals surface area contributed by atoms with Gasteiger partial charge in [0.1, 0.15) is 5.82 Å². The quantitative estimate of drug-likeness (QED) is 0.749. The maximum atomic E-state index is 12.9. The predicted molar refractivity (Wildman–Crippen MR) is 60.4 cm³/mol. The molecule has 2 rings (SSSR count). The van der Waals surface area contributed by atoms with Crippen molar-refractivity contribution in [3.8, 4) is 11.4 Å². The van der Waals surface area contributed by atoms with Gasteiger partial charge in [-0.25, -0.2) is 4.39 Å². The Morgan fingerprint density at radius 3 is 2.69 bits per heavy atom. The van der Waals surface area contributed by atoms with Crippen LogP contribution in [0.15, 0.2) is 18.2 Å². The standard InChI is InChI=1S/C10H12FN5/c1-13-10-15-14-9(16(10)2)7-4-3-6(11)5-8(7)12/h3-5H,12H2,1-2H3,(H,13,15). The maximum Gasteiger partial charge on any atom is 0.224 e. The molecule has 0 spiro atoms. The van der Waals surface area contributed by atoms with Crippen LogP contribution in [-0.2, 0) is 7.05 Å². The zero-order valence-corrected chi connectivity index (χ0v) is 9.03. The summed E-state index contributed by atoms with van der Waals surface area (Å²) in [5, 5.41) is 10.8. The fourth-order valence-corrected chi connectivity index (χ4v) is 1.52. The Morgan fingerprint density at radius 1 is 1.38 bits per heavy atom. The van der Waals surface area contributed by atoms with Gasteiger partial charge in [0.15, 0.2) is 5.82 Å². The highest BCUT2D eigenvalue weighted by molar-refractivity contribution is 5.72. The summed E-state index contributed by atoms with van der Waals surface area (Å²) in [5.41, 5.74) is 6.74. The van der Waals surface area contributed by atoms with Crippen molar-refractivity contribution in [2.24, 2.45) is 7.05 Å². The van der Waals surface area contributed by atoms with Gasteiger partial charge in [0.25, 0.3) is 0 Å². The molecule has 0 fully saturated rings. The highest BCUT2D eigenvalue weighted by Gasteiger charge is 2.12. The van der Waals surface area contributed by atoms with Gasteiger partial charge in [-0.2, -0.15) is 0 Å². The number of benzene rings is 1. The van der Waals surface area contributed by atoms with Crippen LogP contribution in [0.3, 0.4) is 0 Å². The molecule has 0 unspecified atom stereocenters. The molecule has 84 valence electrons. The summed E-state index contributed by atoms with van der Waals surface area (Å²) < 4.78 is 14.7. The molecule has 0 radical (unpaired) electrons. The SMILES string of the molecule is CNc1nnc(-c2ccc(F)cc2N)n1C. The number of hydrogen-bond acceptors (Lipinski definition) is 4. The minimum atomic E-state index is -0.364. The second-order valence-electron chi connectivity index (χ2n) is 3.39. The van der Waals surface area contributed by atoms with Crippen LogP contribution in [0.5, 0.6) is 0 Å². The number of hydrogen-bond donors (Lipinski definition) is 2. The fraction of sp³-hybridized carbons (Fsp3) is 0.200. The fourth-order valence-electron chi connectivity index (χ4n) is 1.52. The first-order valence-electron chi connectivity index (χ1n) is 4.76. The Labute approximate surface area is 92.1 Å². The molecule has 0 aliphatic rings. The van der Waals surface area contributed by atoms with Crippen molar-refractivity contribution < 1.29 is 4.39 Å². The van der Waals surface area contributed by atoms with E-state index in [2.05, 4.69) is 15.5 Å². The van der Waals surface area contributed by atoms with Crippen LogP contribution in [0, 0.1) is 5.82 Å². The van der Waals surface area contributed by atoms with Gasteiger partial charge in [0.2, 0.25) is 5.95 Å². The number of nitrogens with two attached hydrogens (primary N) is 1. The summed E-state index contributed by atoms with van der Waals surface area (Å²) in [7, 11) is 3.56. The normalized spacial score (nSPS) is 10.4. The first kappa shape index (κ1) is 10.4. The van der Waals surface area contributed by atoms with Crippen molar-refractivity contribution in [3.63, 3.8) is 0 Å². The molecular weight excluding hydrogens is 209 g/mol. The third kappa shape index (κ3) is 1.58. The molecule has 3 N–H and O–H groups in total. The lowest BCUT2D eigenvalue weighted by atomic mass is 10.1. The van der Waals surface area contributed by atoms with Crippen LogP contribution in [0.2, 0.25) is 0 Å². The molecule has 2 aromatic rings. The molecule has 0 saturated heterocycles. The molecule has 0 amide bonds. The van der Waals surface area contributed by atoms with E-state index in [1.54, 1.807) is 17.7 Å². The van der Waals surface area contributed by atoms with Crippen molar-refractivity contribution in [2.75, 3.05) is 18.1 Å². The summed E-state index contributed by atoms with van der Waals surface area (Å²) >= 11 is 0. The first-order valence-corrected chi connectivity index (χ1v) is 4.76. The molecule has 16 heavy (non-hydrogen) atoms. The smallest absolute Gasteiger partial charge is 0.224 e. The van der Waals surface area contributed by atoms with E-state index in [1.807, 2.05) is 7.05 Å². The first-order chi connectivity index (χ1) is 7.63. The highest BCUT2D eigenvalue weighted by atomic mass is 19.1. The summed E-state index contributed by atoms with van der Waals surface area (Å²) in [5.74, 6) is 0.859. The number of nitrogens with one attached hydrogen (secondary N) is 1. The third-order valence-corrected chi connectivity index (χ3v) is 2.35. The molecule has 1 aromatic carbocycles. The Bertz CT molecular complexity index is 520. The third-order valence-electron chi connectivity index (χ3n) is 2.35. The Kier molecular flexibility index (Phi) is 2.47. The zero-order chi connectivity index (χ0) is 11.7. The second kappa shape index (κ2) is 3.80. The maximum absolute atomic E-state index is 12.9. The van der Waals surface area contributed by atoms with Gasteiger partial charge in [-0.3, -0.25) is 4.57 Å². The minimum absolute atomic E-state index is 0.346. The van der Waals surface area contributed by atoms with Crippen molar-refractivity contribution in [1.82, 2.24) is 14.8 Å². The van der Waals surface area contributed by atoms with Gasteiger partial charge in [-0.1, -0.05) is 0 Å². The summed E-state index contributed by atoms with van der Waals surface area (Å²) in [4.78, 5) is 0. The van der Waals surface area contributed by atoms with Crippen LogP contribution in [-0.4, -0.2) is 21.8 Å². The molecule has 0 atom stereocenters. The molecule has 0 aliphatic heterocycles. The van der Waals surface area contributed by atoms with Crippen LogP contribution < -0.4 is 11.1 Å². The monoisotopic (exact) mass is 221 g/mol. The number of rotatable bonds is 2. The number of halogens is 1. The van der Waals surface area contributed by atoms with E-state index in [0.717, 1.165) is 0 Å². The lowest BCUT2D eigenvalue weighted by Gasteiger charge is -2.05. The summed E-state index contributed by atoms with van der Waals surface area (Å²) in [6, 6.07) is 4.20. The van der Waals surface area contributed by atoms with Crippen molar-refractivity contribution in [1.29, 1.82) is 0 Å². The molecule has 1 heterocycles. The van der Waals surface area contributed by atoms with E-state index in [-0.39, 0.29) is 5.82 Å². The van der Waals surface area contributed by atoms with Crippen LogP contribution in [0.1, 0.15) is 0 Å². The minimum Gasteiger partial charge on any atom is -0.398 e. The highest BCUT2D eigenvalue weighted by Crippen LogP contribution is 2.25. The van der Waals surface area contributed by atoms with Gasteiger partial charge in [-0.05, 0) is 18.2 Å². The zero-order valence-electron chi connectivity index (χ0n) is 9.03. The van der Waals surface area contributed by atoms with Gasteiger partial charge in [0.05, 0.1) is 0 Å². The lowest BCUT2D eigenvalue weighted by molar-refractivity contribution is 0.628. The summed E-state index contributed by atoms with van der Waals surface area (Å²) in [6.45, 7) is 0. The van der Waals surface area contributed by atoms with E-state index in [1.165, 1.54) is 12.1 Å². The number of aromatic nitrogens is 3. The van der Waals surface area contributed by atoms with Crippen LogP contribution >= 0.6 is 0 Å². The molecule has 6 heteroatoms. The average Bonchev–Trinajstić information content (AvgIpc) is 2.60. The molecule has 5 nitrogen and oxygen atoms in total. The predicted octanol–water partition coefficient (Wildman–Crippen LogP) is 1.25. The average molecular weight is 221 g/mol. The van der Waals surface area contributed by atoms with Gasteiger partial charge in [0, 0.05) is 25.3 Å². The van der Waals surface area contributed by atoms with E-state index in [4.69, 9.17) is 5.73 Å². The van der Waals surface area contributed by atoms with Crippen molar-refractivity contribution in [3.05, 3.63) is 24.0 Å². The van der Waals surface area contributed by atoms with E-state index in [9.17, 15) is 4.39 Å². The summed E-state index contributed by atoms with van der Waals surface area (Å²) in [6.07, 6.45) is 0. The van der Waals surface area contributed by atoms with Crippen molar-refractivity contribution in [2.45, 2.75) is 0 Å². The van der Waals surface area contributed by atoms with E-state index in [0.29, 0.717) is 23.0 Å². The number of anilines is 2. The largest absolute Gasteiger partial charge is 0.398 e. The molecule has 0 bridgehead atoms.